The minimum atomic E-state index is -4.29. The second-order valence-corrected chi connectivity index (χ2v) is 18.5. The van der Waals surface area contributed by atoms with Crippen molar-refractivity contribution in [3.05, 3.63) is 85.1 Å². The van der Waals surface area contributed by atoms with E-state index in [4.69, 9.17) is 18.5 Å². The maximum absolute atomic E-state index is 12.7. The molecular weight excluding hydrogens is 782 g/mol. The highest BCUT2D eigenvalue weighted by atomic mass is 31.2. The van der Waals surface area contributed by atoms with Crippen LogP contribution in [-0.4, -0.2) is 75.6 Å². The Morgan fingerprint density at radius 3 is 1.34 bits per heavy atom. The Hall–Kier alpha value is -2.32. The van der Waals surface area contributed by atoms with Gasteiger partial charge in [0.25, 0.3) is 0 Å². The van der Waals surface area contributed by atoms with E-state index < -0.39 is 13.9 Å². The van der Waals surface area contributed by atoms with Gasteiger partial charge in [0.1, 0.15) is 19.3 Å². The fourth-order valence-corrected chi connectivity index (χ4v) is 7.01. The van der Waals surface area contributed by atoms with Crippen molar-refractivity contribution in [1.82, 2.24) is 0 Å². The average molecular weight is 875 g/mol. The van der Waals surface area contributed by atoms with Crippen LogP contribution in [0.2, 0.25) is 0 Å². The number of esters is 1. The molecule has 0 amide bonds. The first-order valence-corrected chi connectivity index (χ1v) is 25.8. The molecule has 0 bridgehead atoms. The van der Waals surface area contributed by atoms with E-state index in [0.717, 1.165) is 83.5 Å². The molecule has 61 heavy (non-hydrogen) atoms. The fraction of sp³-hybridized carbons (Fsp3) is 0.712. The number of quaternary nitrogens is 1. The lowest BCUT2D eigenvalue weighted by molar-refractivity contribution is -0.870. The average Bonchev–Trinajstić information content (AvgIpc) is 3.22. The predicted molar refractivity (Wildman–Crippen MR) is 261 cm³/mol. The number of hydrogen-bond donors (Lipinski definition) is 1. The minimum Gasteiger partial charge on any atom is -0.457 e. The third kappa shape index (κ3) is 48.6. The smallest absolute Gasteiger partial charge is 0.457 e. The Labute approximate surface area is 375 Å². The van der Waals surface area contributed by atoms with E-state index in [2.05, 4.69) is 98.9 Å². The molecule has 0 aliphatic carbocycles. The van der Waals surface area contributed by atoms with Gasteiger partial charge in [0.05, 0.1) is 34.4 Å². The number of allylic oxidation sites excluding steroid dienone is 14. The van der Waals surface area contributed by atoms with Crippen LogP contribution in [0.3, 0.4) is 0 Å². The molecule has 9 heteroatoms. The van der Waals surface area contributed by atoms with Crippen molar-refractivity contribution in [1.29, 1.82) is 0 Å². The molecule has 2 unspecified atom stereocenters. The van der Waals surface area contributed by atoms with Crippen molar-refractivity contribution in [3.63, 3.8) is 0 Å². The van der Waals surface area contributed by atoms with Gasteiger partial charge in [-0.3, -0.25) is 13.8 Å². The lowest BCUT2D eigenvalue weighted by atomic mass is 10.0. The second-order valence-electron chi connectivity index (χ2n) is 17.1. The maximum Gasteiger partial charge on any atom is 0.472 e. The Kier molecular flexibility index (Phi) is 42.6. The van der Waals surface area contributed by atoms with Crippen LogP contribution in [0.25, 0.3) is 0 Å². The molecule has 1 N–H and O–H groups in total. The molecule has 0 aliphatic heterocycles. The summed E-state index contributed by atoms with van der Waals surface area (Å²) >= 11 is 0. The van der Waals surface area contributed by atoms with Crippen LogP contribution in [0, 0.1) is 0 Å². The van der Waals surface area contributed by atoms with Gasteiger partial charge in [-0.05, 0) is 83.5 Å². The first-order valence-electron chi connectivity index (χ1n) is 24.3. The number of ether oxygens (including phenoxy) is 2. The molecule has 8 nitrogen and oxygen atoms in total. The standard InChI is InChI=1S/C52H92NO7P/c1-6-8-10-12-14-16-18-20-21-22-23-24-25-26-27-28-29-30-31-32-34-36-38-40-42-44-47-57-49-51(50-59-61(55,56)58-48-46-53(3,4)5)60-52(54)45-43-41-39-37-35-33-19-17-15-13-11-9-7-2/h8-11,14-17,20-21,23-24,33,35,51H,6-7,12-13,18-19,22,25-32,34,36-50H2,1-5H3/p+1/b10-8-,11-9-,16-14-,17-15-,21-20-,24-23-,35-33-. The van der Waals surface area contributed by atoms with Crippen LogP contribution >= 0.6 is 7.82 Å². The van der Waals surface area contributed by atoms with Crippen molar-refractivity contribution in [2.24, 2.45) is 0 Å². The minimum absolute atomic E-state index is 0.0787. The van der Waals surface area contributed by atoms with Crippen molar-refractivity contribution >= 4 is 13.8 Å². The highest BCUT2D eigenvalue weighted by Gasteiger charge is 2.26. The number of nitrogens with zero attached hydrogens (tertiary/aromatic N) is 1. The summed E-state index contributed by atoms with van der Waals surface area (Å²) in [6.07, 6.45) is 59.2. The van der Waals surface area contributed by atoms with E-state index in [9.17, 15) is 14.3 Å². The third-order valence-electron chi connectivity index (χ3n) is 9.95. The number of unbranched alkanes of at least 4 members (excludes halogenated alkanes) is 16. The summed E-state index contributed by atoms with van der Waals surface area (Å²) in [5.74, 6) is -0.345. The lowest BCUT2D eigenvalue weighted by Crippen LogP contribution is -2.37. The summed E-state index contributed by atoms with van der Waals surface area (Å²) < 4.78 is 35.0. The summed E-state index contributed by atoms with van der Waals surface area (Å²) in [6, 6.07) is 0. The van der Waals surface area contributed by atoms with Crippen molar-refractivity contribution in [2.75, 3.05) is 54.1 Å². The fourth-order valence-electron chi connectivity index (χ4n) is 6.26. The van der Waals surface area contributed by atoms with E-state index in [1.54, 1.807) is 0 Å². The molecule has 0 heterocycles. The third-order valence-corrected chi connectivity index (χ3v) is 10.9. The molecule has 0 aromatic heterocycles. The van der Waals surface area contributed by atoms with Gasteiger partial charge in [-0.2, -0.15) is 0 Å². The molecule has 352 valence electrons. The van der Waals surface area contributed by atoms with Crippen LogP contribution in [0.5, 0.6) is 0 Å². The van der Waals surface area contributed by atoms with Crippen molar-refractivity contribution in [2.45, 2.75) is 187 Å². The molecule has 0 fully saturated rings. The Morgan fingerprint density at radius 2 is 0.902 bits per heavy atom. The monoisotopic (exact) mass is 875 g/mol. The van der Waals surface area contributed by atoms with E-state index in [1.807, 2.05) is 21.1 Å². The number of hydrogen-bond acceptors (Lipinski definition) is 6. The SMILES string of the molecule is CC/C=C\C/C=C\C/C=C\C/C=C\CCCCCCCCCCCCCCCOCC(COP(=O)(O)OCC[N+](C)(C)C)OC(=O)CCCCC/C=C\C/C=C\C/C=C\CC. The Balaban J connectivity index is 4.11. The van der Waals surface area contributed by atoms with Crippen LogP contribution in [-0.2, 0) is 27.9 Å². The predicted octanol–water partition coefficient (Wildman–Crippen LogP) is 14.8. The number of rotatable bonds is 44. The van der Waals surface area contributed by atoms with Crippen LogP contribution in [0.15, 0.2) is 85.1 Å². The number of carbonyl (C=O) groups is 1. The Bertz CT molecular complexity index is 1250. The molecular formula is C52H93NO7P+. The lowest BCUT2D eigenvalue weighted by Gasteiger charge is -2.24. The molecule has 0 aliphatic rings. The zero-order valence-electron chi connectivity index (χ0n) is 39.9. The van der Waals surface area contributed by atoms with Crippen molar-refractivity contribution < 1.29 is 37.3 Å². The molecule has 0 saturated heterocycles. The molecule has 2 atom stereocenters. The second kappa shape index (κ2) is 44.3. The molecule has 0 aromatic rings. The summed E-state index contributed by atoms with van der Waals surface area (Å²) in [7, 11) is 1.64. The highest BCUT2D eigenvalue weighted by molar-refractivity contribution is 7.47. The topological polar surface area (TPSA) is 91.3 Å². The molecule has 0 saturated carbocycles. The zero-order chi connectivity index (χ0) is 44.8. The van der Waals surface area contributed by atoms with Gasteiger partial charge < -0.3 is 18.9 Å². The first kappa shape index (κ1) is 58.7. The normalized spacial score (nSPS) is 14.4. The van der Waals surface area contributed by atoms with Crippen molar-refractivity contribution in [3.8, 4) is 0 Å². The van der Waals surface area contributed by atoms with Gasteiger partial charge in [0, 0.05) is 13.0 Å². The largest absolute Gasteiger partial charge is 0.472 e. The molecule has 0 spiro atoms. The maximum atomic E-state index is 12.7. The van der Waals surface area contributed by atoms with Gasteiger partial charge >= 0.3 is 13.8 Å². The van der Waals surface area contributed by atoms with Crippen LogP contribution in [0.1, 0.15) is 181 Å². The van der Waals surface area contributed by atoms with Gasteiger partial charge in [0.2, 0.25) is 0 Å². The van der Waals surface area contributed by atoms with E-state index >= 15 is 0 Å². The zero-order valence-corrected chi connectivity index (χ0v) is 40.8. The van der Waals surface area contributed by atoms with Crippen LogP contribution < -0.4 is 0 Å². The van der Waals surface area contributed by atoms with Gasteiger partial charge in [0.15, 0.2) is 0 Å². The molecule has 0 radical (unpaired) electrons. The summed E-state index contributed by atoms with van der Waals surface area (Å²) in [5, 5.41) is 0. The number of likely N-dealkylation sites (N-methyl/N-ethyl adjacent to an activating group) is 1. The Morgan fingerprint density at radius 1 is 0.508 bits per heavy atom. The van der Waals surface area contributed by atoms with Gasteiger partial charge in [-0.15, -0.1) is 0 Å². The summed E-state index contributed by atoms with van der Waals surface area (Å²) in [5.41, 5.74) is 0. The molecule has 0 rings (SSSR count). The van der Waals surface area contributed by atoms with E-state index in [0.29, 0.717) is 24.1 Å². The quantitative estimate of drug-likeness (QED) is 0.0214. The summed E-state index contributed by atoms with van der Waals surface area (Å²) in [6.45, 7) is 5.34. The number of phosphoric acid groups is 1. The van der Waals surface area contributed by atoms with E-state index in [-0.39, 0.29) is 25.8 Å². The van der Waals surface area contributed by atoms with E-state index in [1.165, 1.54) is 77.0 Å². The van der Waals surface area contributed by atoms with Crippen LogP contribution in [0.4, 0.5) is 0 Å². The summed E-state index contributed by atoms with van der Waals surface area (Å²) in [4.78, 5) is 22.9. The molecule has 0 aromatic carbocycles. The van der Waals surface area contributed by atoms with Gasteiger partial charge in [-0.1, -0.05) is 176 Å². The number of carbonyl (C=O) groups excluding carboxylic acids is 1. The van der Waals surface area contributed by atoms with Gasteiger partial charge in [-0.25, -0.2) is 4.57 Å². The first-order chi connectivity index (χ1) is 29.6. The highest BCUT2D eigenvalue weighted by Crippen LogP contribution is 2.43. The number of phosphoric ester groups is 1.